The molecule has 1 aromatic heterocycles. The minimum atomic E-state index is -4.74. The lowest BCUT2D eigenvalue weighted by Crippen LogP contribution is -2.52. The minimum absolute atomic E-state index is 0.0401. The number of nitrogen functional groups attached to an aromatic ring is 1. The van der Waals surface area contributed by atoms with Crippen molar-refractivity contribution in [3.63, 3.8) is 0 Å². The van der Waals surface area contributed by atoms with E-state index in [2.05, 4.69) is 27.6 Å². The molecule has 15 heteroatoms. The van der Waals surface area contributed by atoms with Crippen LogP contribution < -0.4 is 21.9 Å². The Hall–Kier alpha value is -5.34. The number of anilines is 2. The van der Waals surface area contributed by atoms with Crippen LogP contribution in [0.4, 0.5) is 34.1 Å². The summed E-state index contributed by atoms with van der Waals surface area (Å²) in [7, 11) is 0. The molecule has 3 heterocycles. The van der Waals surface area contributed by atoms with Crippen LogP contribution in [-0.2, 0) is 25.6 Å². The van der Waals surface area contributed by atoms with Gasteiger partial charge in [0.2, 0.25) is 0 Å². The van der Waals surface area contributed by atoms with Crippen LogP contribution in [0.3, 0.4) is 0 Å². The van der Waals surface area contributed by atoms with Crippen LogP contribution in [0.5, 0.6) is 0 Å². The van der Waals surface area contributed by atoms with Gasteiger partial charge in [0, 0.05) is 63.2 Å². The standard InChI is InChI=1S/C39H43ClF3N9O2/c1-2-45-18-9-3-4-10-19-52-34-14-8-7-13-32(34)46-36(52)33(25-26-23-29(39(41,42)43)35(49-44)30(40)24-26)48-37(53)50-20-16-28(17-21-50)51-22-15-27-11-5-6-12-31(27)47-38(51)54/h2-8,11-14,18,23-24,28,33,49H,1,9-10,15-17,19-22,25,44H2,(H,47,54)(H,48,53)/b4-3-,45-18?. The maximum atomic E-state index is 14.2. The first-order valence-corrected chi connectivity index (χ1v) is 18.2. The van der Waals surface area contributed by atoms with Gasteiger partial charge in [-0.05, 0) is 67.1 Å². The number of benzene rings is 3. The van der Waals surface area contributed by atoms with Crippen molar-refractivity contribution in [2.75, 3.05) is 30.4 Å². The van der Waals surface area contributed by atoms with Gasteiger partial charge in [-0.3, -0.25) is 10.8 Å². The number of para-hydroxylation sites is 3. The second-order valence-corrected chi connectivity index (χ2v) is 13.6. The van der Waals surface area contributed by atoms with Crippen molar-refractivity contribution in [2.24, 2.45) is 10.8 Å². The van der Waals surface area contributed by atoms with Gasteiger partial charge in [0.05, 0.1) is 33.3 Å². The fourth-order valence-corrected chi connectivity index (χ4v) is 7.46. The monoisotopic (exact) mass is 761 g/mol. The molecule has 2 aliphatic rings. The number of hydrazine groups is 1. The van der Waals surface area contributed by atoms with Crippen LogP contribution in [-0.4, -0.2) is 63.3 Å². The average Bonchev–Trinajstić information content (AvgIpc) is 3.43. The predicted octanol–water partition coefficient (Wildman–Crippen LogP) is 8.09. The number of halogens is 4. The number of alkyl halides is 3. The normalized spacial score (nSPS) is 16.1. The molecule has 3 aromatic carbocycles. The van der Waals surface area contributed by atoms with Gasteiger partial charge in [-0.1, -0.05) is 60.7 Å². The number of carbonyl (C=O) groups excluding carboxylic acids is 2. The molecule has 284 valence electrons. The average molecular weight is 762 g/mol. The summed E-state index contributed by atoms with van der Waals surface area (Å²) in [4.78, 5) is 39.7. The number of likely N-dealkylation sites (tertiary alicyclic amines) is 1. The lowest BCUT2D eigenvalue weighted by molar-refractivity contribution is -0.137. The lowest BCUT2D eigenvalue weighted by Gasteiger charge is -2.38. The largest absolute Gasteiger partial charge is 0.418 e. The third kappa shape index (κ3) is 8.88. The van der Waals surface area contributed by atoms with E-state index in [9.17, 15) is 22.8 Å². The summed E-state index contributed by atoms with van der Waals surface area (Å²) in [6.07, 6.45) is 5.54. The Morgan fingerprint density at radius 3 is 2.63 bits per heavy atom. The molecule has 0 radical (unpaired) electrons. The molecular weight excluding hydrogens is 719 g/mol. The Labute approximate surface area is 316 Å². The van der Waals surface area contributed by atoms with Gasteiger partial charge in [-0.2, -0.15) is 13.2 Å². The van der Waals surface area contributed by atoms with Gasteiger partial charge in [0.15, 0.2) is 0 Å². The van der Waals surface area contributed by atoms with E-state index in [0.717, 1.165) is 29.3 Å². The van der Waals surface area contributed by atoms with Crippen LogP contribution in [0.25, 0.3) is 11.0 Å². The second-order valence-electron chi connectivity index (χ2n) is 13.2. The van der Waals surface area contributed by atoms with E-state index < -0.39 is 23.5 Å². The zero-order chi connectivity index (χ0) is 38.2. The van der Waals surface area contributed by atoms with E-state index in [1.807, 2.05) is 70.1 Å². The Bertz CT molecular complexity index is 2040. The van der Waals surface area contributed by atoms with Crippen molar-refractivity contribution < 1.29 is 22.8 Å². The van der Waals surface area contributed by atoms with E-state index in [-0.39, 0.29) is 35.1 Å². The number of aryl methyl sites for hydroxylation is 1. The molecule has 11 nitrogen and oxygen atoms in total. The molecule has 1 unspecified atom stereocenters. The van der Waals surface area contributed by atoms with Crippen molar-refractivity contribution >= 4 is 52.3 Å². The van der Waals surface area contributed by atoms with Crippen LogP contribution in [0.15, 0.2) is 90.6 Å². The summed E-state index contributed by atoms with van der Waals surface area (Å²) < 4.78 is 44.5. The predicted molar refractivity (Wildman–Crippen MR) is 207 cm³/mol. The van der Waals surface area contributed by atoms with Gasteiger partial charge in [-0.25, -0.2) is 14.6 Å². The summed E-state index contributed by atoms with van der Waals surface area (Å²) in [5.41, 5.74) is 4.26. The Morgan fingerprint density at radius 1 is 1.11 bits per heavy atom. The number of aromatic nitrogens is 2. The molecule has 54 heavy (non-hydrogen) atoms. The molecule has 0 bridgehead atoms. The van der Waals surface area contributed by atoms with E-state index in [4.69, 9.17) is 22.4 Å². The molecule has 1 fully saturated rings. The first-order chi connectivity index (χ1) is 26.1. The van der Waals surface area contributed by atoms with E-state index >= 15 is 0 Å². The topological polar surface area (TPSA) is 133 Å². The summed E-state index contributed by atoms with van der Waals surface area (Å²) in [6.45, 7) is 5.41. The van der Waals surface area contributed by atoms with Crippen molar-refractivity contribution in [1.82, 2.24) is 24.7 Å². The first-order valence-electron chi connectivity index (χ1n) is 17.9. The van der Waals surface area contributed by atoms with Crippen molar-refractivity contribution in [1.29, 1.82) is 0 Å². The molecule has 4 aromatic rings. The highest BCUT2D eigenvalue weighted by Crippen LogP contribution is 2.40. The second kappa shape index (κ2) is 17.2. The number of hydrogen-bond donors (Lipinski definition) is 4. The van der Waals surface area contributed by atoms with Crippen LogP contribution >= 0.6 is 11.6 Å². The van der Waals surface area contributed by atoms with Gasteiger partial charge in [-0.15, -0.1) is 0 Å². The zero-order valence-electron chi connectivity index (χ0n) is 29.7. The van der Waals surface area contributed by atoms with Crippen molar-refractivity contribution in [3.05, 3.63) is 113 Å². The SMILES string of the molecule is C=CN=CC/C=C\CCn1c(C(Cc2cc(Cl)c(NN)c(C(F)(F)F)c2)NC(=O)N2CCC(N3CCc4ccccc4NC3=O)CC2)nc2ccccc21. The number of aliphatic imine (C=N–C) groups is 1. The third-order valence-corrected chi connectivity index (χ3v) is 10.1. The number of amides is 4. The molecular formula is C39H43ClF3N9O2. The molecule has 1 saturated heterocycles. The fraction of sp³-hybridized carbons (Fsp3) is 0.333. The Kier molecular flexibility index (Phi) is 12.2. The number of hydrogen-bond acceptors (Lipinski definition) is 6. The van der Waals surface area contributed by atoms with E-state index in [0.29, 0.717) is 63.2 Å². The highest BCUT2D eigenvalue weighted by molar-refractivity contribution is 6.33. The Balaban J connectivity index is 1.25. The van der Waals surface area contributed by atoms with Crippen molar-refractivity contribution in [2.45, 2.75) is 63.3 Å². The van der Waals surface area contributed by atoms with E-state index in [1.54, 1.807) is 11.1 Å². The van der Waals surface area contributed by atoms with Crippen LogP contribution in [0.2, 0.25) is 5.02 Å². The van der Waals surface area contributed by atoms with Crippen LogP contribution in [0, 0.1) is 0 Å². The highest BCUT2D eigenvalue weighted by atomic mass is 35.5. The summed E-state index contributed by atoms with van der Waals surface area (Å²) in [5, 5.41) is 5.93. The van der Waals surface area contributed by atoms with Crippen molar-refractivity contribution in [3.8, 4) is 0 Å². The fourth-order valence-electron chi connectivity index (χ4n) is 7.16. The van der Waals surface area contributed by atoms with Gasteiger partial charge in [0.1, 0.15) is 5.82 Å². The number of rotatable bonds is 12. The number of carbonyl (C=O) groups is 2. The van der Waals surface area contributed by atoms with Gasteiger partial charge in [0.25, 0.3) is 0 Å². The first kappa shape index (κ1) is 38.4. The van der Waals surface area contributed by atoms with Gasteiger partial charge < -0.3 is 30.4 Å². The number of allylic oxidation sites excluding steroid dienone is 2. The number of fused-ring (bicyclic) bond motifs is 2. The number of nitrogens with one attached hydrogen (secondary N) is 3. The molecule has 2 aliphatic heterocycles. The molecule has 0 aliphatic carbocycles. The summed E-state index contributed by atoms with van der Waals surface area (Å²) in [6, 6.07) is 16.3. The smallest absolute Gasteiger partial charge is 0.328 e. The number of nitrogens with two attached hydrogens (primary N) is 1. The molecule has 0 spiro atoms. The molecule has 5 N–H and O–H groups in total. The maximum Gasteiger partial charge on any atom is 0.418 e. The number of urea groups is 2. The summed E-state index contributed by atoms with van der Waals surface area (Å²) >= 11 is 6.33. The molecule has 4 amide bonds. The number of piperidine rings is 1. The zero-order valence-corrected chi connectivity index (χ0v) is 30.4. The quantitative estimate of drug-likeness (QED) is 0.0502. The van der Waals surface area contributed by atoms with Gasteiger partial charge >= 0.3 is 18.2 Å². The minimum Gasteiger partial charge on any atom is -0.328 e. The third-order valence-electron chi connectivity index (χ3n) is 9.81. The maximum absolute atomic E-state index is 14.2. The van der Waals surface area contributed by atoms with E-state index in [1.165, 1.54) is 12.3 Å². The lowest BCUT2D eigenvalue weighted by atomic mass is 10.0. The molecule has 0 saturated carbocycles. The number of imidazole rings is 1. The molecule has 1 atom stereocenters. The number of nitrogens with zero attached hydrogens (tertiary/aromatic N) is 5. The molecule has 6 rings (SSSR count). The highest BCUT2D eigenvalue weighted by Gasteiger charge is 2.36. The van der Waals surface area contributed by atoms with Crippen LogP contribution in [0.1, 0.15) is 54.2 Å². The Morgan fingerprint density at radius 2 is 1.87 bits per heavy atom. The summed E-state index contributed by atoms with van der Waals surface area (Å²) in [5.74, 6) is 5.93.